The zero-order chi connectivity index (χ0) is 16.1. The predicted molar refractivity (Wildman–Crippen MR) is 88.5 cm³/mol. The number of ether oxygens (including phenoxy) is 2. The first-order valence-corrected chi connectivity index (χ1v) is 8.06. The van der Waals surface area contributed by atoms with Crippen molar-refractivity contribution in [3.8, 4) is 5.75 Å². The monoisotopic (exact) mass is 314 g/mol. The number of amides is 1. The number of aryl methyl sites for hydroxylation is 1. The first kappa shape index (κ1) is 15.7. The Balaban J connectivity index is 1.56. The molecule has 122 valence electrons. The maximum atomic E-state index is 12.0. The van der Waals surface area contributed by atoms with Crippen LogP contribution in [0.2, 0.25) is 0 Å². The number of nitrogens with one attached hydrogen (secondary N) is 1. The number of fused-ring (bicyclic) bond motifs is 1. The van der Waals surface area contributed by atoms with Gasteiger partial charge in [-0.1, -0.05) is 12.1 Å². The van der Waals surface area contributed by atoms with Crippen molar-refractivity contribution in [2.24, 2.45) is 5.92 Å². The molecular formula is C18H22N2O3. The Kier molecular flexibility index (Phi) is 5.08. The lowest BCUT2D eigenvalue weighted by atomic mass is 10.0. The number of carbonyl (C=O) groups is 1. The SMILES string of the molecule is Cc1cc(OCC(=O)NCC2CCCOC2)c2ccccc2n1. The van der Waals surface area contributed by atoms with E-state index < -0.39 is 0 Å². The van der Waals surface area contributed by atoms with Gasteiger partial charge in [-0.05, 0) is 37.8 Å². The Hall–Kier alpha value is -2.14. The lowest BCUT2D eigenvalue weighted by Crippen LogP contribution is -2.35. The molecule has 23 heavy (non-hydrogen) atoms. The first-order valence-electron chi connectivity index (χ1n) is 8.06. The molecule has 1 aliphatic rings. The molecule has 1 amide bonds. The van der Waals surface area contributed by atoms with E-state index in [1.54, 1.807) is 0 Å². The first-order chi connectivity index (χ1) is 11.2. The van der Waals surface area contributed by atoms with E-state index in [-0.39, 0.29) is 12.5 Å². The van der Waals surface area contributed by atoms with Gasteiger partial charge in [0.1, 0.15) is 5.75 Å². The Bertz CT molecular complexity index is 681. The molecule has 0 bridgehead atoms. The molecule has 1 N–H and O–H groups in total. The zero-order valence-electron chi connectivity index (χ0n) is 13.4. The molecule has 1 aromatic carbocycles. The summed E-state index contributed by atoms with van der Waals surface area (Å²) in [5, 5.41) is 3.85. The van der Waals surface area contributed by atoms with Crippen molar-refractivity contribution in [3.05, 3.63) is 36.0 Å². The summed E-state index contributed by atoms with van der Waals surface area (Å²) in [6, 6.07) is 9.64. The summed E-state index contributed by atoms with van der Waals surface area (Å²) in [6.07, 6.45) is 2.18. The average molecular weight is 314 g/mol. The molecule has 0 saturated carbocycles. The van der Waals surface area contributed by atoms with Crippen LogP contribution in [0, 0.1) is 12.8 Å². The topological polar surface area (TPSA) is 60.5 Å². The van der Waals surface area contributed by atoms with Gasteiger partial charge in [-0.15, -0.1) is 0 Å². The lowest BCUT2D eigenvalue weighted by Gasteiger charge is -2.22. The van der Waals surface area contributed by atoms with Gasteiger partial charge in [0.05, 0.1) is 12.1 Å². The molecule has 2 heterocycles. The molecule has 5 heteroatoms. The van der Waals surface area contributed by atoms with Gasteiger partial charge in [-0.3, -0.25) is 9.78 Å². The fourth-order valence-corrected chi connectivity index (χ4v) is 2.81. The van der Waals surface area contributed by atoms with Crippen molar-refractivity contribution >= 4 is 16.8 Å². The minimum absolute atomic E-state index is 0.0149. The maximum Gasteiger partial charge on any atom is 0.257 e. The number of para-hydroxylation sites is 1. The molecule has 1 unspecified atom stereocenters. The summed E-state index contributed by atoms with van der Waals surface area (Å²) in [5.74, 6) is 1.01. The van der Waals surface area contributed by atoms with E-state index >= 15 is 0 Å². The van der Waals surface area contributed by atoms with Crippen LogP contribution in [0.4, 0.5) is 0 Å². The molecule has 0 radical (unpaired) electrons. The van der Waals surface area contributed by atoms with Gasteiger partial charge in [-0.25, -0.2) is 0 Å². The van der Waals surface area contributed by atoms with E-state index in [2.05, 4.69) is 10.3 Å². The molecule has 1 saturated heterocycles. The number of nitrogens with zero attached hydrogens (tertiary/aromatic N) is 1. The highest BCUT2D eigenvalue weighted by molar-refractivity contribution is 5.86. The van der Waals surface area contributed by atoms with Crippen molar-refractivity contribution in [1.82, 2.24) is 10.3 Å². The zero-order valence-corrected chi connectivity index (χ0v) is 13.4. The number of hydrogen-bond acceptors (Lipinski definition) is 4. The van der Waals surface area contributed by atoms with E-state index in [0.717, 1.165) is 42.7 Å². The minimum atomic E-state index is -0.103. The van der Waals surface area contributed by atoms with Crippen LogP contribution in [0.1, 0.15) is 18.5 Å². The van der Waals surface area contributed by atoms with E-state index in [1.165, 1.54) is 0 Å². The lowest BCUT2D eigenvalue weighted by molar-refractivity contribution is -0.123. The standard InChI is InChI=1S/C18H22N2O3/c1-13-9-17(15-6-2-3-7-16(15)20-13)23-12-18(21)19-10-14-5-4-8-22-11-14/h2-3,6-7,9,14H,4-5,8,10-12H2,1H3,(H,19,21). The van der Waals surface area contributed by atoms with Crippen LogP contribution < -0.4 is 10.1 Å². The van der Waals surface area contributed by atoms with Crippen molar-refractivity contribution in [2.75, 3.05) is 26.4 Å². The second-order valence-electron chi connectivity index (χ2n) is 5.95. The molecular weight excluding hydrogens is 292 g/mol. The summed E-state index contributed by atoms with van der Waals surface area (Å²) >= 11 is 0. The van der Waals surface area contributed by atoms with Gasteiger partial charge in [0, 0.05) is 30.3 Å². The Morgan fingerprint density at radius 2 is 2.30 bits per heavy atom. The van der Waals surface area contributed by atoms with E-state index in [4.69, 9.17) is 9.47 Å². The molecule has 1 fully saturated rings. The number of aromatic nitrogens is 1. The number of rotatable bonds is 5. The largest absolute Gasteiger partial charge is 0.483 e. The van der Waals surface area contributed by atoms with Crippen LogP contribution in [0.15, 0.2) is 30.3 Å². The number of benzene rings is 1. The molecule has 0 spiro atoms. The third-order valence-corrected chi connectivity index (χ3v) is 4.01. The van der Waals surface area contributed by atoms with Crippen molar-refractivity contribution in [3.63, 3.8) is 0 Å². The normalized spacial score (nSPS) is 17.9. The van der Waals surface area contributed by atoms with Gasteiger partial charge >= 0.3 is 0 Å². The van der Waals surface area contributed by atoms with Crippen molar-refractivity contribution in [2.45, 2.75) is 19.8 Å². The second kappa shape index (κ2) is 7.42. The highest BCUT2D eigenvalue weighted by Crippen LogP contribution is 2.25. The minimum Gasteiger partial charge on any atom is -0.483 e. The maximum absolute atomic E-state index is 12.0. The molecule has 2 aromatic rings. The van der Waals surface area contributed by atoms with Crippen LogP contribution in [0.3, 0.4) is 0 Å². The van der Waals surface area contributed by atoms with Crippen molar-refractivity contribution in [1.29, 1.82) is 0 Å². The van der Waals surface area contributed by atoms with Crippen LogP contribution in [-0.2, 0) is 9.53 Å². The van der Waals surface area contributed by atoms with Crippen LogP contribution >= 0.6 is 0 Å². The molecule has 1 atom stereocenters. The third kappa shape index (κ3) is 4.20. The van der Waals surface area contributed by atoms with Crippen LogP contribution in [0.5, 0.6) is 5.75 Å². The van der Waals surface area contributed by atoms with E-state index in [9.17, 15) is 4.79 Å². The number of carbonyl (C=O) groups excluding carboxylic acids is 1. The highest BCUT2D eigenvalue weighted by atomic mass is 16.5. The Morgan fingerprint density at radius 1 is 1.43 bits per heavy atom. The molecule has 5 nitrogen and oxygen atoms in total. The summed E-state index contributed by atoms with van der Waals surface area (Å²) in [5.41, 5.74) is 1.75. The summed E-state index contributed by atoms with van der Waals surface area (Å²) in [7, 11) is 0. The summed E-state index contributed by atoms with van der Waals surface area (Å²) < 4.78 is 11.1. The smallest absolute Gasteiger partial charge is 0.257 e. The molecule has 1 aromatic heterocycles. The van der Waals surface area contributed by atoms with E-state index in [1.807, 2.05) is 37.3 Å². The molecule has 0 aliphatic carbocycles. The van der Waals surface area contributed by atoms with Gasteiger partial charge in [0.15, 0.2) is 6.61 Å². The summed E-state index contributed by atoms with van der Waals surface area (Å²) in [4.78, 5) is 16.5. The van der Waals surface area contributed by atoms with Gasteiger partial charge < -0.3 is 14.8 Å². The summed E-state index contributed by atoms with van der Waals surface area (Å²) in [6.45, 7) is 4.15. The van der Waals surface area contributed by atoms with Gasteiger partial charge in [-0.2, -0.15) is 0 Å². The molecule has 1 aliphatic heterocycles. The second-order valence-corrected chi connectivity index (χ2v) is 5.95. The van der Waals surface area contributed by atoms with Crippen molar-refractivity contribution < 1.29 is 14.3 Å². The van der Waals surface area contributed by atoms with Gasteiger partial charge in [0.25, 0.3) is 5.91 Å². The van der Waals surface area contributed by atoms with E-state index in [0.29, 0.717) is 18.2 Å². The predicted octanol–water partition coefficient (Wildman–Crippen LogP) is 2.46. The van der Waals surface area contributed by atoms with Gasteiger partial charge in [0.2, 0.25) is 0 Å². The Labute approximate surface area is 136 Å². The fourth-order valence-electron chi connectivity index (χ4n) is 2.81. The quantitative estimate of drug-likeness (QED) is 0.921. The fraction of sp³-hybridized carbons (Fsp3) is 0.444. The molecule has 3 rings (SSSR count). The highest BCUT2D eigenvalue weighted by Gasteiger charge is 2.15. The number of hydrogen-bond donors (Lipinski definition) is 1. The average Bonchev–Trinajstić information content (AvgIpc) is 2.58. The van der Waals surface area contributed by atoms with Crippen LogP contribution in [0.25, 0.3) is 10.9 Å². The Morgan fingerprint density at radius 3 is 3.13 bits per heavy atom. The van der Waals surface area contributed by atoms with Crippen LogP contribution in [-0.4, -0.2) is 37.3 Å². The third-order valence-electron chi connectivity index (χ3n) is 4.01. The number of pyridine rings is 1.